The maximum atomic E-state index is 13.6. The standard InChI is InChI=1S/C25H26N7OP/c1-15(16-8-3-2-4-9-16)21-24(33)32-22(31-21)20(12-7-13-28-25(26)27)30-23(34-32)18-14-29-19-11-6-5-10-17(18)19/h2-6,8-11,14-15,21,29H,7,12-13H2,1H3,(H4,26,27,28)/p+1. The van der Waals surface area contributed by atoms with Crippen LogP contribution in [0.25, 0.3) is 21.9 Å². The van der Waals surface area contributed by atoms with Crippen LogP contribution in [0.5, 0.6) is 0 Å². The molecule has 6 N–H and O–H groups in total. The molecular weight excluding hydrogens is 445 g/mol. The van der Waals surface area contributed by atoms with Crippen LogP contribution in [0, 0.1) is 0 Å². The number of aromatic nitrogens is 3. The number of rotatable bonds is 7. The van der Waals surface area contributed by atoms with Crippen molar-refractivity contribution < 1.29 is 9.12 Å². The number of aryl methyl sites for hydroxylation is 1. The lowest BCUT2D eigenvalue weighted by atomic mass is 9.93. The highest BCUT2D eigenvalue weighted by molar-refractivity contribution is 7.26. The van der Waals surface area contributed by atoms with E-state index in [0.717, 1.165) is 53.7 Å². The molecule has 172 valence electrons. The van der Waals surface area contributed by atoms with E-state index >= 15 is 0 Å². The van der Waals surface area contributed by atoms with Crippen molar-refractivity contribution in [2.75, 3.05) is 11.9 Å². The van der Waals surface area contributed by atoms with Gasteiger partial charge < -0.3 is 16.5 Å². The molecule has 2 aromatic carbocycles. The van der Waals surface area contributed by atoms with Crippen LogP contribution in [-0.2, 0) is 6.42 Å². The number of anilines is 1. The third kappa shape index (κ3) is 4.13. The number of hydrogen-bond donors (Lipinski definition) is 4. The normalized spacial score (nSPS) is 15.9. The van der Waals surface area contributed by atoms with Crippen LogP contribution in [0.4, 0.5) is 5.82 Å². The number of aliphatic imine (C=N–C) groups is 1. The van der Waals surface area contributed by atoms with Crippen molar-refractivity contribution in [3.63, 3.8) is 0 Å². The van der Waals surface area contributed by atoms with Gasteiger partial charge in [0.2, 0.25) is 6.04 Å². The van der Waals surface area contributed by atoms with Gasteiger partial charge in [-0.2, -0.15) is 0 Å². The molecule has 4 aromatic rings. The monoisotopic (exact) mass is 472 g/mol. The minimum Gasteiger partial charge on any atom is -0.370 e. The Morgan fingerprint density at radius 3 is 2.74 bits per heavy atom. The van der Waals surface area contributed by atoms with Crippen molar-refractivity contribution in [3.05, 3.63) is 72.1 Å². The predicted octanol–water partition coefficient (Wildman–Crippen LogP) is 3.54. The fraction of sp³-hybridized carbons (Fsp3) is 0.240. The Hall–Kier alpha value is -3.77. The Morgan fingerprint density at radius 2 is 1.94 bits per heavy atom. The highest BCUT2D eigenvalue weighted by atomic mass is 31.0. The summed E-state index contributed by atoms with van der Waals surface area (Å²) >= 11 is 0. The molecule has 9 heteroatoms. The molecule has 0 bridgehead atoms. The summed E-state index contributed by atoms with van der Waals surface area (Å²) in [5.74, 6) is 0.937. The van der Waals surface area contributed by atoms with E-state index in [1.54, 1.807) is 0 Å². The van der Waals surface area contributed by atoms with E-state index in [-0.39, 0.29) is 23.8 Å². The molecule has 8 nitrogen and oxygen atoms in total. The van der Waals surface area contributed by atoms with Crippen molar-refractivity contribution >= 4 is 36.9 Å². The van der Waals surface area contributed by atoms with Gasteiger partial charge in [-0.25, -0.2) is 9.78 Å². The lowest BCUT2D eigenvalue weighted by Gasteiger charge is -2.13. The third-order valence-corrected chi connectivity index (χ3v) is 7.34. The maximum Gasteiger partial charge on any atom is 0.362 e. The number of hydrogen-bond acceptors (Lipinski definition) is 4. The third-order valence-electron chi connectivity index (χ3n) is 6.21. The summed E-state index contributed by atoms with van der Waals surface area (Å²) in [7, 11) is 0.744. The number of fused-ring (bicyclic) bond motifs is 2. The van der Waals surface area contributed by atoms with Gasteiger partial charge in [-0.1, -0.05) is 55.5 Å². The second-order valence-electron chi connectivity index (χ2n) is 8.46. The van der Waals surface area contributed by atoms with Gasteiger partial charge in [0, 0.05) is 35.1 Å². The second-order valence-corrected chi connectivity index (χ2v) is 9.48. The fourth-order valence-electron chi connectivity index (χ4n) is 4.40. The molecule has 2 unspecified atom stereocenters. The number of nitrogens with one attached hydrogen (secondary N) is 2. The van der Waals surface area contributed by atoms with Crippen LogP contribution >= 0.6 is 8.35 Å². The van der Waals surface area contributed by atoms with Crippen molar-refractivity contribution in [3.8, 4) is 11.0 Å². The Labute approximate surface area is 199 Å². The Bertz CT molecular complexity index is 1380. The molecule has 1 aliphatic heterocycles. The van der Waals surface area contributed by atoms with E-state index in [0.29, 0.717) is 13.0 Å². The quantitative estimate of drug-likeness (QED) is 0.186. The van der Waals surface area contributed by atoms with Gasteiger partial charge in [0.1, 0.15) is 11.1 Å². The van der Waals surface area contributed by atoms with E-state index in [2.05, 4.69) is 40.4 Å². The molecule has 5 rings (SSSR count). The van der Waals surface area contributed by atoms with Crippen LogP contribution < -0.4 is 21.1 Å². The van der Waals surface area contributed by atoms with E-state index in [9.17, 15) is 4.79 Å². The van der Waals surface area contributed by atoms with Gasteiger partial charge in [0.05, 0.1) is 0 Å². The van der Waals surface area contributed by atoms with E-state index in [4.69, 9.17) is 16.5 Å². The number of guanidine groups is 1. The summed E-state index contributed by atoms with van der Waals surface area (Å²) in [6, 6.07) is 17.9. The number of carbonyl (C=O) groups is 1. The fourth-order valence-corrected chi connectivity index (χ4v) is 5.55. The van der Waals surface area contributed by atoms with Crippen molar-refractivity contribution in [1.82, 2.24) is 9.97 Å². The number of H-pyrrole nitrogens is 1. The highest BCUT2D eigenvalue weighted by Crippen LogP contribution is 2.35. The van der Waals surface area contributed by atoms with Gasteiger partial charge in [-0.05, 0) is 24.5 Å². The van der Waals surface area contributed by atoms with Crippen molar-refractivity contribution in [2.24, 2.45) is 16.5 Å². The molecular formula is C25H27N7OP+. The van der Waals surface area contributed by atoms with Crippen LogP contribution in [0.15, 0.2) is 65.8 Å². The predicted molar refractivity (Wildman–Crippen MR) is 136 cm³/mol. The van der Waals surface area contributed by atoms with E-state index in [1.807, 2.05) is 46.9 Å². The lowest BCUT2D eigenvalue weighted by Crippen LogP contribution is -2.42. The molecule has 0 radical (unpaired) electrons. The number of aromatic amines is 1. The highest BCUT2D eigenvalue weighted by Gasteiger charge is 2.45. The average molecular weight is 473 g/mol. The molecule has 34 heavy (non-hydrogen) atoms. The molecule has 0 saturated carbocycles. The zero-order valence-corrected chi connectivity index (χ0v) is 19.8. The second kappa shape index (κ2) is 9.23. The number of nitrogens with two attached hydrogens (primary N) is 2. The van der Waals surface area contributed by atoms with Gasteiger partial charge in [-0.15, -0.1) is 4.33 Å². The molecule has 2 aromatic heterocycles. The Balaban J connectivity index is 1.54. The first-order chi connectivity index (χ1) is 16.5. The summed E-state index contributed by atoms with van der Waals surface area (Å²) in [6.07, 6.45) is 3.34. The van der Waals surface area contributed by atoms with Gasteiger partial charge in [-0.3, -0.25) is 10.3 Å². The molecule has 0 fully saturated rings. The van der Waals surface area contributed by atoms with Gasteiger partial charge >= 0.3 is 11.7 Å². The van der Waals surface area contributed by atoms with Crippen LogP contribution in [0.3, 0.4) is 0 Å². The molecule has 0 saturated heterocycles. The van der Waals surface area contributed by atoms with Crippen LogP contribution in [0.2, 0.25) is 0 Å². The SMILES string of the molecule is CC(c1ccccc1)C1Nc2c(CCCN=C(N)N)nc(-c3c[nH]c4ccccc34)p[n+]2C1=O. The zero-order chi connectivity index (χ0) is 23.7. The minimum absolute atomic E-state index is 0.0152. The summed E-state index contributed by atoms with van der Waals surface area (Å²) in [4.78, 5) is 26.0. The molecule has 0 spiro atoms. The number of nitrogens with zero attached hydrogens (tertiary/aromatic N) is 3. The van der Waals surface area contributed by atoms with Crippen molar-refractivity contribution in [1.29, 1.82) is 0 Å². The van der Waals surface area contributed by atoms with Crippen LogP contribution in [0.1, 0.15) is 35.3 Å². The minimum atomic E-state index is -0.352. The summed E-state index contributed by atoms with van der Waals surface area (Å²) in [5, 5.41) is 4.58. The van der Waals surface area contributed by atoms with Gasteiger partial charge in [0.15, 0.2) is 14.3 Å². The number of para-hydroxylation sites is 1. The van der Waals surface area contributed by atoms with E-state index in [1.165, 1.54) is 0 Å². The topological polar surface area (TPSA) is 126 Å². The Kier molecular flexibility index (Phi) is 5.99. The molecule has 3 heterocycles. The first-order valence-electron chi connectivity index (χ1n) is 11.3. The average Bonchev–Trinajstić information content (AvgIpc) is 3.43. The van der Waals surface area contributed by atoms with E-state index < -0.39 is 0 Å². The first kappa shape index (κ1) is 22.0. The molecule has 1 aliphatic rings. The summed E-state index contributed by atoms with van der Waals surface area (Å²) in [6.45, 7) is 2.59. The lowest BCUT2D eigenvalue weighted by molar-refractivity contribution is -0.476. The van der Waals surface area contributed by atoms with Crippen LogP contribution in [-0.4, -0.2) is 34.4 Å². The maximum absolute atomic E-state index is 13.6. The Morgan fingerprint density at radius 1 is 1.18 bits per heavy atom. The van der Waals surface area contributed by atoms with Crippen molar-refractivity contribution in [2.45, 2.75) is 31.7 Å². The summed E-state index contributed by atoms with van der Waals surface area (Å²) < 4.78 is 1.82. The smallest absolute Gasteiger partial charge is 0.362 e. The molecule has 0 amide bonds. The first-order valence-corrected chi connectivity index (χ1v) is 12.2. The van der Waals surface area contributed by atoms with Gasteiger partial charge in [0.25, 0.3) is 0 Å². The number of carbonyl (C=O) groups excluding carboxylic acids is 1. The zero-order valence-electron chi connectivity index (χ0n) is 18.9. The molecule has 0 aliphatic carbocycles. The number of benzene rings is 2. The molecule has 2 atom stereocenters. The summed E-state index contributed by atoms with van der Waals surface area (Å²) in [5.41, 5.74) is 15.8. The largest absolute Gasteiger partial charge is 0.370 e.